The second-order valence-corrected chi connectivity index (χ2v) is 5.98. The van der Waals surface area contributed by atoms with Crippen LogP contribution >= 0.6 is 0 Å². The lowest BCUT2D eigenvalue weighted by Gasteiger charge is -2.21. The van der Waals surface area contributed by atoms with Crippen LogP contribution in [0.25, 0.3) is 0 Å². The van der Waals surface area contributed by atoms with Gasteiger partial charge in [0.1, 0.15) is 17.3 Å². The van der Waals surface area contributed by atoms with Crippen molar-refractivity contribution >= 4 is 5.69 Å². The fraction of sp³-hybridized carbons (Fsp3) is 0.625. The molecule has 1 aromatic rings. The van der Waals surface area contributed by atoms with Gasteiger partial charge in [-0.1, -0.05) is 13.3 Å². The van der Waals surface area contributed by atoms with E-state index >= 15 is 0 Å². The van der Waals surface area contributed by atoms with Crippen molar-refractivity contribution < 1.29 is 8.78 Å². The monoisotopic (exact) mass is 282 g/mol. The number of nitrogens with two attached hydrogens (primary N) is 1. The Morgan fingerprint density at radius 3 is 2.55 bits per heavy atom. The largest absolute Gasteiger partial charge is 0.367 e. The first-order valence-electron chi connectivity index (χ1n) is 7.49. The van der Waals surface area contributed by atoms with Gasteiger partial charge in [-0.3, -0.25) is 0 Å². The highest BCUT2D eigenvalue weighted by molar-refractivity contribution is 5.51. The van der Waals surface area contributed by atoms with Crippen molar-refractivity contribution in [1.29, 1.82) is 0 Å². The van der Waals surface area contributed by atoms with Crippen LogP contribution in [0.3, 0.4) is 0 Å². The van der Waals surface area contributed by atoms with E-state index < -0.39 is 11.6 Å². The normalized spacial score (nSPS) is 20.4. The summed E-state index contributed by atoms with van der Waals surface area (Å²) in [6.07, 6.45) is 3.76. The molecule has 1 heterocycles. The van der Waals surface area contributed by atoms with E-state index in [2.05, 4.69) is 6.92 Å². The molecule has 0 aromatic heterocycles. The second-order valence-electron chi connectivity index (χ2n) is 5.98. The van der Waals surface area contributed by atoms with Crippen LogP contribution in [0.2, 0.25) is 0 Å². The molecule has 2 unspecified atom stereocenters. The summed E-state index contributed by atoms with van der Waals surface area (Å²) >= 11 is 0. The molecule has 2 nitrogen and oxygen atoms in total. The number of rotatable bonds is 5. The minimum atomic E-state index is -0.460. The Labute approximate surface area is 120 Å². The second kappa shape index (κ2) is 6.53. The van der Waals surface area contributed by atoms with Gasteiger partial charge >= 0.3 is 0 Å². The predicted molar refractivity (Wildman–Crippen MR) is 78.9 cm³/mol. The molecule has 1 aliphatic rings. The Balaban J connectivity index is 2.16. The minimum Gasteiger partial charge on any atom is -0.367 e. The van der Waals surface area contributed by atoms with Crippen LogP contribution in [0.15, 0.2) is 12.1 Å². The third-order valence-corrected chi connectivity index (χ3v) is 3.93. The van der Waals surface area contributed by atoms with Crippen LogP contribution in [0.1, 0.15) is 38.7 Å². The smallest absolute Gasteiger partial charge is 0.149 e. The Morgan fingerprint density at radius 1 is 1.35 bits per heavy atom. The van der Waals surface area contributed by atoms with Crippen molar-refractivity contribution in [1.82, 2.24) is 0 Å². The topological polar surface area (TPSA) is 29.3 Å². The molecule has 0 spiro atoms. The predicted octanol–water partition coefficient (Wildman–Crippen LogP) is 3.48. The lowest BCUT2D eigenvalue weighted by molar-refractivity contribution is 0.526. The number of nitrogens with zero attached hydrogens (tertiary/aromatic N) is 1. The molecule has 20 heavy (non-hydrogen) atoms. The van der Waals surface area contributed by atoms with E-state index in [0.717, 1.165) is 32.4 Å². The van der Waals surface area contributed by atoms with Crippen LogP contribution in [0.5, 0.6) is 0 Å². The fourth-order valence-electron chi connectivity index (χ4n) is 3.09. The summed E-state index contributed by atoms with van der Waals surface area (Å²) in [6, 6.07) is 2.75. The summed E-state index contributed by atoms with van der Waals surface area (Å²) in [7, 11) is 0. The van der Waals surface area contributed by atoms with E-state index in [9.17, 15) is 8.78 Å². The lowest BCUT2D eigenvalue weighted by Crippen LogP contribution is -2.23. The molecule has 0 amide bonds. The number of hydrogen-bond acceptors (Lipinski definition) is 2. The highest BCUT2D eigenvalue weighted by Crippen LogP contribution is 2.31. The average Bonchev–Trinajstić information content (AvgIpc) is 2.76. The Bertz CT molecular complexity index is 437. The third kappa shape index (κ3) is 3.48. The van der Waals surface area contributed by atoms with E-state index in [0.29, 0.717) is 17.9 Å². The van der Waals surface area contributed by atoms with Crippen LogP contribution in [0.4, 0.5) is 14.5 Å². The first-order valence-corrected chi connectivity index (χ1v) is 7.49. The molecule has 0 bridgehead atoms. The molecule has 2 atom stereocenters. The van der Waals surface area contributed by atoms with Crippen LogP contribution in [-0.2, 0) is 6.42 Å². The standard InChI is InChI=1S/C16H24F2N2/c1-3-4-12-5-6-20(10-12)16-14(17)8-13(7-11(2)19)9-15(16)18/h8-9,11-12H,3-7,10,19H2,1-2H3. The molecule has 1 aliphatic heterocycles. The number of anilines is 1. The number of halogens is 2. The van der Waals surface area contributed by atoms with Crippen molar-refractivity contribution in [2.75, 3.05) is 18.0 Å². The number of benzene rings is 1. The summed E-state index contributed by atoms with van der Waals surface area (Å²) in [5.41, 5.74) is 6.44. The molecule has 1 fully saturated rings. The minimum absolute atomic E-state index is 0.0969. The van der Waals surface area contributed by atoms with E-state index in [1.54, 1.807) is 0 Å². The fourth-order valence-corrected chi connectivity index (χ4v) is 3.09. The van der Waals surface area contributed by atoms with Gasteiger partial charge in [0.15, 0.2) is 0 Å². The molecule has 0 radical (unpaired) electrons. The molecular formula is C16H24F2N2. The third-order valence-electron chi connectivity index (χ3n) is 3.93. The Morgan fingerprint density at radius 2 is 2.00 bits per heavy atom. The van der Waals surface area contributed by atoms with Gasteiger partial charge in [0, 0.05) is 19.1 Å². The first kappa shape index (κ1) is 15.2. The molecule has 0 aliphatic carbocycles. The summed E-state index contributed by atoms with van der Waals surface area (Å²) < 4.78 is 28.4. The van der Waals surface area contributed by atoms with Crippen LogP contribution in [-0.4, -0.2) is 19.1 Å². The van der Waals surface area contributed by atoms with E-state index in [1.165, 1.54) is 12.1 Å². The quantitative estimate of drug-likeness (QED) is 0.896. The van der Waals surface area contributed by atoms with Crippen molar-refractivity contribution in [2.45, 2.75) is 45.6 Å². The molecule has 2 rings (SSSR count). The van der Waals surface area contributed by atoms with Gasteiger partial charge in [0.25, 0.3) is 0 Å². The highest BCUT2D eigenvalue weighted by Gasteiger charge is 2.26. The Kier molecular flexibility index (Phi) is 4.97. The lowest BCUT2D eigenvalue weighted by atomic mass is 10.0. The van der Waals surface area contributed by atoms with Crippen molar-refractivity contribution in [3.8, 4) is 0 Å². The SMILES string of the molecule is CCCC1CCN(c2c(F)cc(CC(C)N)cc2F)C1. The zero-order valence-electron chi connectivity index (χ0n) is 12.3. The van der Waals surface area contributed by atoms with Gasteiger partial charge in [0.05, 0.1) is 0 Å². The van der Waals surface area contributed by atoms with Gasteiger partial charge in [0.2, 0.25) is 0 Å². The number of hydrogen-bond donors (Lipinski definition) is 1. The van der Waals surface area contributed by atoms with Crippen molar-refractivity contribution in [2.24, 2.45) is 11.7 Å². The van der Waals surface area contributed by atoms with Crippen molar-refractivity contribution in [3.63, 3.8) is 0 Å². The molecule has 1 saturated heterocycles. The molecule has 2 N–H and O–H groups in total. The van der Waals surface area contributed by atoms with Crippen LogP contribution in [0, 0.1) is 17.6 Å². The molecule has 1 aromatic carbocycles. The Hall–Kier alpha value is -1.16. The van der Waals surface area contributed by atoms with Crippen LogP contribution < -0.4 is 10.6 Å². The van der Waals surface area contributed by atoms with E-state index in [-0.39, 0.29) is 11.7 Å². The maximum Gasteiger partial charge on any atom is 0.149 e. The van der Waals surface area contributed by atoms with Gasteiger partial charge in [-0.15, -0.1) is 0 Å². The maximum atomic E-state index is 14.2. The zero-order chi connectivity index (χ0) is 14.7. The maximum absolute atomic E-state index is 14.2. The van der Waals surface area contributed by atoms with E-state index in [1.807, 2.05) is 11.8 Å². The summed E-state index contributed by atoms with van der Waals surface area (Å²) in [4.78, 5) is 1.85. The van der Waals surface area contributed by atoms with Gasteiger partial charge < -0.3 is 10.6 Å². The highest BCUT2D eigenvalue weighted by atomic mass is 19.1. The summed E-state index contributed by atoms with van der Waals surface area (Å²) in [6.45, 7) is 5.48. The molecule has 112 valence electrons. The van der Waals surface area contributed by atoms with Gasteiger partial charge in [-0.2, -0.15) is 0 Å². The van der Waals surface area contributed by atoms with E-state index in [4.69, 9.17) is 5.73 Å². The summed E-state index contributed by atoms with van der Waals surface area (Å²) in [5, 5.41) is 0. The van der Waals surface area contributed by atoms with Gasteiger partial charge in [-0.05, 0) is 49.8 Å². The van der Waals surface area contributed by atoms with Gasteiger partial charge in [-0.25, -0.2) is 8.78 Å². The average molecular weight is 282 g/mol. The molecular weight excluding hydrogens is 258 g/mol. The molecule has 4 heteroatoms. The summed E-state index contributed by atoms with van der Waals surface area (Å²) in [5.74, 6) is -0.363. The van der Waals surface area contributed by atoms with Crippen molar-refractivity contribution in [3.05, 3.63) is 29.3 Å². The zero-order valence-corrected chi connectivity index (χ0v) is 12.3. The first-order chi connectivity index (χ1) is 9.51. The molecule has 0 saturated carbocycles.